The van der Waals surface area contributed by atoms with Gasteiger partial charge >= 0.3 is 0 Å². The molecule has 2 aliphatic carbocycles. The Morgan fingerprint density at radius 3 is 2.60 bits per heavy atom. The number of hydrogen-bond donors (Lipinski definition) is 0. The van der Waals surface area contributed by atoms with Gasteiger partial charge in [0, 0.05) is 16.2 Å². The quantitative estimate of drug-likeness (QED) is 0.593. The lowest BCUT2D eigenvalue weighted by atomic mass is 9.82. The van der Waals surface area contributed by atoms with Crippen molar-refractivity contribution in [2.75, 3.05) is 0 Å². The maximum Gasteiger partial charge on any atom is 0.132 e. The summed E-state index contributed by atoms with van der Waals surface area (Å²) < 4.78 is 5.93. The van der Waals surface area contributed by atoms with E-state index in [0.717, 1.165) is 28.4 Å². The molecule has 1 atom stereocenters. The van der Waals surface area contributed by atoms with E-state index in [1.165, 1.54) is 11.1 Å². The molecule has 1 aromatic carbocycles. The Hall–Kier alpha value is -3.32. The molecule has 0 radical (unpaired) electrons. The van der Waals surface area contributed by atoms with Gasteiger partial charge < -0.3 is 4.42 Å². The van der Waals surface area contributed by atoms with Crippen LogP contribution in [0.25, 0.3) is 18.2 Å². The van der Waals surface area contributed by atoms with Crippen molar-refractivity contribution in [1.29, 1.82) is 0 Å². The molecule has 2 aromatic rings. The van der Waals surface area contributed by atoms with Gasteiger partial charge in [0.15, 0.2) is 0 Å². The summed E-state index contributed by atoms with van der Waals surface area (Å²) in [6.45, 7) is 10.1. The van der Waals surface area contributed by atoms with E-state index in [9.17, 15) is 0 Å². The van der Waals surface area contributed by atoms with Gasteiger partial charge in [-0.2, -0.15) is 0 Å². The Kier molecular flexibility index (Phi) is 7.08. The van der Waals surface area contributed by atoms with Crippen LogP contribution in [0.2, 0.25) is 0 Å². The summed E-state index contributed by atoms with van der Waals surface area (Å²) in [6.07, 6.45) is 26.3. The van der Waals surface area contributed by atoms with Gasteiger partial charge in [0.05, 0.1) is 0 Å². The second-order valence-corrected chi connectivity index (χ2v) is 7.61. The zero-order valence-corrected chi connectivity index (χ0v) is 18.1. The maximum atomic E-state index is 5.93. The van der Waals surface area contributed by atoms with Crippen LogP contribution in [0, 0.1) is 6.92 Å². The smallest absolute Gasteiger partial charge is 0.132 e. The second kappa shape index (κ2) is 9.93. The van der Waals surface area contributed by atoms with Crippen molar-refractivity contribution in [3.05, 3.63) is 125 Å². The van der Waals surface area contributed by atoms with Crippen LogP contribution in [0.4, 0.5) is 0 Å². The highest BCUT2D eigenvalue weighted by Crippen LogP contribution is 2.28. The molecule has 0 N–H and O–H groups in total. The van der Waals surface area contributed by atoms with Crippen LogP contribution < -0.4 is 10.6 Å². The highest BCUT2D eigenvalue weighted by molar-refractivity contribution is 5.61. The van der Waals surface area contributed by atoms with E-state index in [4.69, 9.17) is 4.42 Å². The lowest BCUT2D eigenvalue weighted by Crippen LogP contribution is -2.25. The number of rotatable bonds is 3. The third-order valence-corrected chi connectivity index (χ3v) is 5.30. The molecule has 1 nitrogen and oxygen atoms in total. The predicted molar refractivity (Wildman–Crippen MR) is 130 cm³/mol. The molecule has 0 amide bonds. The molecule has 0 saturated heterocycles. The lowest BCUT2D eigenvalue weighted by Gasteiger charge is -2.21. The standard InChI is InChI=1S/C19H18O.C10H12/c1-4-16-14(2)20-18-13-19(3,12-8-11-17(16)18)15-9-6-5-7-10-15;1-2-7-10-8-5-3-4-6-9-10/h4-13H,1H2,2-3H3;2-3,5-9H,4H2,1H3/b;7-2+. The van der Waals surface area contributed by atoms with Crippen molar-refractivity contribution in [3.63, 3.8) is 0 Å². The van der Waals surface area contributed by atoms with Crippen LogP contribution in [-0.2, 0) is 5.41 Å². The van der Waals surface area contributed by atoms with Crippen LogP contribution in [0.1, 0.15) is 37.2 Å². The van der Waals surface area contributed by atoms with Crippen molar-refractivity contribution >= 4 is 18.2 Å². The molecule has 1 heteroatoms. The van der Waals surface area contributed by atoms with Crippen LogP contribution in [0.5, 0.6) is 0 Å². The monoisotopic (exact) mass is 394 g/mol. The van der Waals surface area contributed by atoms with Crippen molar-refractivity contribution in [3.8, 4) is 0 Å². The predicted octanol–water partition coefficient (Wildman–Crippen LogP) is 6.32. The minimum absolute atomic E-state index is 0.161. The number of hydrogen-bond acceptors (Lipinski definition) is 1. The molecule has 152 valence electrons. The molecule has 1 unspecified atom stereocenters. The molecule has 0 fully saturated rings. The average molecular weight is 395 g/mol. The van der Waals surface area contributed by atoms with E-state index < -0.39 is 0 Å². The normalized spacial score (nSPS) is 19.5. The first-order valence-electron chi connectivity index (χ1n) is 10.4. The van der Waals surface area contributed by atoms with E-state index in [1.54, 1.807) is 0 Å². The molecule has 1 aromatic heterocycles. The van der Waals surface area contributed by atoms with Crippen LogP contribution in [-0.4, -0.2) is 0 Å². The number of aryl methyl sites for hydroxylation is 1. The van der Waals surface area contributed by atoms with Crippen LogP contribution >= 0.6 is 0 Å². The largest absolute Gasteiger partial charge is 0.461 e. The summed E-state index contributed by atoms with van der Waals surface area (Å²) in [5.41, 5.74) is 4.38. The average Bonchev–Trinajstić information content (AvgIpc) is 2.94. The highest BCUT2D eigenvalue weighted by atomic mass is 16.3. The maximum absolute atomic E-state index is 5.93. The number of allylic oxidation sites excluding steroid dienone is 10. The van der Waals surface area contributed by atoms with E-state index >= 15 is 0 Å². The minimum atomic E-state index is -0.161. The Morgan fingerprint density at radius 1 is 1.07 bits per heavy atom. The van der Waals surface area contributed by atoms with Gasteiger partial charge in [0.2, 0.25) is 0 Å². The Balaban J connectivity index is 0.000000216. The van der Waals surface area contributed by atoms with E-state index in [-0.39, 0.29) is 5.41 Å². The topological polar surface area (TPSA) is 13.1 Å². The molecule has 4 rings (SSSR count). The molecule has 0 bridgehead atoms. The van der Waals surface area contributed by atoms with Gasteiger partial charge in [-0.3, -0.25) is 0 Å². The zero-order valence-electron chi connectivity index (χ0n) is 18.1. The van der Waals surface area contributed by atoms with Crippen molar-refractivity contribution in [1.82, 2.24) is 0 Å². The van der Waals surface area contributed by atoms with Gasteiger partial charge in [0.1, 0.15) is 11.2 Å². The molecule has 0 spiro atoms. The van der Waals surface area contributed by atoms with Crippen LogP contribution in [0.15, 0.2) is 102 Å². The van der Waals surface area contributed by atoms with E-state index in [2.05, 4.69) is 105 Å². The van der Waals surface area contributed by atoms with E-state index in [0.29, 0.717) is 0 Å². The number of benzene rings is 1. The summed E-state index contributed by atoms with van der Waals surface area (Å²) in [5, 5.41) is 1.12. The SMILES string of the molecule is C/C=C/C1=CC=CCC=C1.C=Cc1c(C)oc2c1=CC=CC(C)(c1ccccc1)C=2. The van der Waals surface area contributed by atoms with Crippen molar-refractivity contribution < 1.29 is 4.42 Å². The molecule has 1 heterocycles. The first kappa shape index (κ1) is 21.4. The summed E-state index contributed by atoms with van der Waals surface area (Å²) in [4.78, 5) is 0. The lowest BCUT2D eigenvalue weighted by molar-refractivity contribution is 0.496. The van der Waals surface area contributed by atoms with E-state index in [1.807, 2.05) is 26.0 Å². The highest BCUT2D eigenvalue weighted by Gasteiger charge is 2.22. The summed E-state index contributed by atoms with van der Waals surface area (Å²) in [6, 6.07) is 10.5. The van der Waals surface area contributed by atoms with Gasteiger partial charge in [-0.05, 0) is 44.4 Å². The second-order valence-electron chi connectivity index (χ2n) is 7.61. The molecule has 2 aliphatic rings. The van der Waals surface area contributed by atoms with Crippen molar-refractivity contribution in [2.45, 2.75) is 32.6 Å². The molecule has 30 heavy (non-hydrogen) atoms. The Labute approximate surface area is 180 Å². The van der Waals surface area contributed by atoms with Crippen molar-refractivity contribution in [2.24, 2.45) is 0 Å². The molecule has 0 aliphatic heterocycles. The fraction of sp³-hybridized carbons (Fsp3) is 0.172. The zero-order chi connectivity index (χ0) is 21.4. The van der Waals surface area contributed by atoms with Gasteiger partial charge in [-0.25, -0.2) is 0 Å². The third kappa shape index (κ3) is 4.99. The van der Waals surface area contributed by atoms with Gasteiger partial charge in [0.25, 0.3) is 0 Å². The summed E-state index contributed by atoms with van der Waals surface area (Å²) in [7, 11) is 0. The minimum Gasteiger partial charge on any atom is -0.461 e. The third-order valence-electron chi connectivity index (χ3n) is 5.30. The molecular weight excluding hydrogens is 364 g/mol. The summed E-state index contributed by atoms with van der Waals surface area (Å²) >= 11 is 0. The number of fused-ring (bicyclic) bond motifs is 1. The van der Waals surface area contributed by atoms with Crippen LogP contribution in [0.3, 0.4) is 0 Å². The molecule has 0 saturated carbocycles. The van der Waals surface area contributed by atoms with Gasteiger partial charge in [-0.15, -0.1) is 0 Å². The Bertz CT molecular complexity index is 1150. The first-order chi connectivity index (χ1) is 14.6. The van der Waals surface area contributed by atoms with Gasteiger partial charge in [-0.1, -0.05) is 104 Å². The molecular formula is C29H30O. The Morgan fingerprint density at radius 2 is 1.87 bits per heavy atom. The fourth-order valence-corrected chi connectivity index (χ4v) is 3.67. The number of furan rings is 1. The fourth-order valence-electron chi connectivity index (χ4n) is 3.67. The first-order valence-corrected chi connectivity index (χ1v) is 10.4. The summed E-state index contributed by atoms with van der Waals surface area (Å²) in [5.74, 6) is 0.920.